The van der Waals surface area contributed by atoms with Crippen LogP contribution in [0.15, 0.2) is 29.3 Å². The Morgan fingerprint density at radius 1 is 1.26 bits per heavy atom. The number of ether oxygens (including phenoxy) is 1. The fourth-order valence-electron chi connectivity index (χ4n) is 3.31. The Kier molecular flexibility index (Phi) is 8.37. The van der Waals surface area contributed by atoms with Crippen molar-refractivity contribution in [3.63, 3.8) is 0 Å². The van der Waals surface area contributed by atoms with Gasteiger partial charge in [-0.2, -0.15) is 0 Å². The largest absolute Gasteiger partial charge is 0.496 e. The lowest BCUT2D eigenvalue weighted by molar-refractivity contribution is 0.239. The van der Waals surface area contributed by atoms with Crippen LogP contribution in [0.2, 0.25) is 0 Å². The first-order valence-corrected chi connectivity index (χ1v) is 11.3. The first kappa shape index (κ1) is 21.5. The molecule has 1 aromatic carbocycles. The molecule has 0 aliphatic carbocycles. The number of methoxy groups -OCH3 is 1. The molecule has 8 heteroatoms. The summed E-state index contributed by atoms with van der Waals surface area (Å²) in [5, 5.41) is 6.44. The summed E-state index contributed by atoms with van der Waals surface area (Å²) in [4.78, 5) is 6.68. The molecule has 0 bridgehead atoms. The normalized spacial score (nSPS) is 16.9. The molecule has 0 radical (unpaired) electrons. The van der Waals surface area contributed by atoms with Crippen molar-refractivity contribution >= 4 is 15.8 Å². The summed E-state index contributed by atoms with van der Waals surface area (Å²) in [7, 11) is 0.399. The summed E-state index contributed by atoms with van der Waals surface area (Å²) in [5.41, 5.74) is 1.15. The van der Waals surface area contributed by atoms with Crippen LogP contribution in [0.1, 0.15) is 31.4 Å². The summed E-state index contributed by atoms with van der Waals surface area (Å²) in [6.45, 7) is 4.80. The van der Waals surface area contributed by atoms with E-state index in [1.165, 1.54) is 12.8 Å². The van der Waals surface area contributed by atoms with Gasteiger partial charge in [-0.25, -0.2) is 8.42 Å². The molecule has 0 amide bonds. The van der Waals surface area contributed by atoms with Gasteiger partial charge in [0.05, 0.1) is 18.9 Å². The first-order valence-electron chi connectivity index (χ1n) is 9.52. The van der Waals surface area contributed by atoms with Gasteiger partial charge in [0.2, 0.25) is 0 Å². The van der Waals surface area contributed by atoms with Crippen LogP contribution < -0.4 is 15.4 Å². The van der Waals surface area contributed by atoms with E-state index < -0.39 is 9.84 Å². The number of nitrogens with zero attached hydrogens (tertiary/aromatic N) is 2. The highest BCUT2D eigenvalue weighted by molar-refractivity contribution is 7.91. The number of hydrogen-bond donors (Lipinski definition) is 2. The summed E-state index contributed by atoms with van der Waals surface area (Å²) < 4.78 is 28.9. The zero-order valence-corrected chi connectivity index (χ0v) is 17.4. The Morgan fingerprint density at radius 3 is 2.59 bits per heavy atom. The van der Waals surface area contributed by atoms with Gasteiger partial charge >= 0.3 is 0 Å². The Morgan fingerprint density at radius 2 is 1.96 bits per heavy atom. The Balaban J connectivity index is 2.02. The lowest BCUT2D eigenvalue weighted by atomic mass is 10.0. The molecule has 27 heavy (non-hydrogen) atoms. The van der Waals surface area contributed by atoms with E-state index in [9.17, 15) is 8.42 Å². The number of likely N-dealkylation sites (tertiary alicyclic amines) is 1. The Hall–Kier alpha value is -1.80. The van der Waals surface area contributed by atoms with Crippen molar-refractivity contribution in [3.05, 3.63) is 29.8 Å². The number of benzene rings is 1. The average Bonchev–Trinajstić information content (AvgIpc) is 3.21. The minimum Gasteiger partial charge on any atom is -0.496 e. The smallest absolute Gasteiger partial charge is 0.191 e. The number of hydrogen-bond acceptors (Lipinski definition) is 5. The van der Waals surface area contributed by atoms with E-state index in [2.05, 4.69) is 26.6 Å². The molecule has 2 N–H and O–H groups in total. The van der Waals surface area contributed by atoms with Crippen molar-refractivity contribution in [3.8, 4) is 5.75 Å². The molecule has 1 saturated heterocycles. The zero-order chi connectivity index (χ0) is 19.7. The van der Waals surface area contributed by atoms with Gasteiger partial charge in [-0.05, 0) is 32.0 Å². The minimum absolute atomic E-state index is 0.103. The number of aliphatic imine (C=N–C) groups is 1. The van der Waals surface area contributed by atoms with Crippen LogP contribution >= 0.6 is 0 Å². The van der Waals surface area contributed by atoms with Crippen LogP contribution in [-0.4, -0.2) is 71.1 Å². The Bertz CT molecular complexity index is 715. The maximum atomic E-state index is 11.6. The highest BCUT2D eigenvalue weighted by atomic mass is 32.2. The SMILES string of the molecule is CCS(=O)(=O)CCNC(=NC)NCC(c1ccccc1OC)N1CCCC1. The third-order valence-electron chi connectivity index (χ3n) is 4.91. The zero-order valence-electron chi connectivity index (χ0n) is 16.6. The molecule has 0 spiro atoms. The monoisotopic (exact) mass is 396 g/mol. The number of para-hydroxylation sites is 1. The van der Waals surface area contributed by atoms with Crippen molar-refractivity contribution in [2.75, 3.05) is 51.8 Å². The maximum absolute atomic E-state index is 11.6. The minimum atomic E-state index is -2.99. The highest BCUT2D eigenvalue weighted by Crippen LogP contribution is 2.31. The van der Waals surface area contributed by atoms with E-state index in [0.29, 0.717) is 19.0 Å². The van der Waals surface area contributed by atoms with E-state index in [4.69, 9.17) is 4.74 Å². The van der Waals surface area contributed by atoms with Gasteiger partial charge in [-0.1, -0.05) is 25.1 Å². The fourth-order valence-corrected chi connectivity index (χ4v) is 4.02. The van der Waals surface area contributed by atoms with Crippen molar-refractivity contribution < 1.29 is 13.2 Å². The number of nitrogens with one attached hydrogen (secondary N) is 2. The molecule has 0 saturated carbocycles. The van der Waals surface area contributed by atoms with E-state index >= 15 is 0 Å². The lowest BCUT2D eigenvalue weighted by Crippen LogP contribution is -2.44. The topological polar surface area (TPSA) is 83.0 Å². The molecule has 7 nitrogen and oxygen atoms in total. The van der Waals surface area contributed by atoms with Gasteiger partial charge in [0, 0.05) is 31.5 Å². The van der Waals surface area contributed by atoms with Crippen molar-refractivity contribution in [1.29, 1.82) is 0 Å². The predicted molar refractivity (Wildman–Crippen MR) is 110 cm³/mol. The third kappa shape index (κ3) is 6.39. The molecule has 152 valence electrons. The first-order chi connectivity index (χ1) is 13.0. The average molecular weight is 397 g/mol. The van der Waals surface area contributed by atoms with Gasteiger partial charge in [0.15, 0.2) is 15.8 Å². The molecule has 1 aromatic rings. The summed E-state index contributed by atoms with van der Waals surface area (Å²) in [6.07, 6.45) is 2.40. The summed E-state index contributed by atoms with van der Waals surface area (Å²) in [6, 6.07) is 8.27. The van der Waals surface area contributed by atoms with Crippen molar-refractivity contribution in [2.24, 2.45) is 4.99 Å². The second-order valence-corrected chi connectivity index (χ2v) is 9.09. The molecule has 0 aromatic heterocycles. The van der Waals surface area contributed by atoms with Gasteiger partial charge in [0.1, 0.15) is 5.75 Å². The standard InChI is InChI=1S/C19H32N4O3S/c1-4-27(24,25)14-11-21-19(20-2)22-15-17(23-12-7-8-13-23)16-9-5-6-10-18(16)26-3/h5-6,9-10,17H,4,7-8,11-15H2,1-3H3,(H2,20,21,22). The van der Waals surface area contributed by atoms with E-state index in [0.717, 1.165) is 24.4 Å². The van der Waals surface area contributed by atoms with Gasteiger partial charge in [0.25, 0.3) is 0 Å². The molecule has 1 atom stereocenters. The molecular formula is C19H32N4O3S. The molecule has 1 heterocycles. The second kappa shape index (κ2) is 10.5. The van der Waals surface area contributed by atoms with Crippen molar-refractivity contribution in [1.82, 2.24) is 15.5 Å². The van der Waals surface area contributed by atoms with Gasteiger partial charge < -0.3 is 15.4 Å². The molecule has 1 fully saturated rings. The third-order valence-corrected chi connectivity index (χ3v) is 6.62. The van der Waals surface area contributed by atoms with Gasteiger partial charge in [-0.15, -0.1) is 0 Å². The van der Waals surface area contributed by atoms with E-state index in [1.54, 1.807) is 21.1 Å². The quantitative estimate of drug-likeness (QED) is 0.485. The van der Waals surface area contributed by atoms with Crippen LogP contribution in [0.25, 0.3) is 0 Å². The van der Waals surface area contributed by atoms with E-state index in [1.807, 2.05) is 18.2 Å². The second-order valence-electron chi connectivity index (χ2n) is 6.62. The molecule has 2 rings (SSSR count). The number of rotatable bonds is 9. The van der Waals surface area contributed by atoms with Crippen LogP contribution in [0.3, 0.4) is 0 Å². The van der Waals surface area contributed by atoms with Gasteiger partial charge in [-0.3, -0.25) is 9.89 Å². The molecular weight excluding hydrogens is 364 g/mol. The maximum Gasteiger partial charge on any atom is 0.191 e. The predicted octanol–water partition coefficient (Wildman–Crippen LogP) is 1.43. The Labute approximate surface area is 163 Å². The summed E-state index contributed by atoms with van der Waals surface area (Å²) in [5.74, 6) is 1.76. The molecule has 1 aliphatic rings. The van der Waals surface area contributed by atoms with Crippen LogP contribution in [0, 0.1) is 0 Å². The lowest BCUT2D eigenvalue weighted by Gasteiger charge is -2.30. The van der Waals surface area contributed by atoms with Crippen LogP contribution in [0.4, 0.5) is 0 Å². The fraction of sp³-hybridized carbons (Fsp3) is 0.632. The van der Waals surface area contributed by atoms with Crippen LogP contribution in [-0.2, 0) is 9.84 Å². The van der Waals surface area contributed by atoms with Crippen molar-refractivity contribution in [2.45, 2.75) is 25.8 Å². The highest BCUT2D eigenvalue weighted by Gasteiger charge is 2.26. The molecule has 1 unspecified atom stereocenters. The van der Waals surface area contributed by atoms with Crippen LogP contribution in [0.5, 0.6) is 5.75 Å². The summed E-state index contributed by atoms with van der Waals surface area (Å²) >= 11 is 0. The van der Waals surface area contributed by atoms with E-state index in [-0.39, 0.29) is 17.5 Å². The number of guanidine groups is 1. The number of sulfone groups is 1. The molecule has 1 aliphatic heterocycles.